The van der Waals surface area contributed by atoms with Gasteiger partial charge in [0.25, 0.3) is 0 Å². The average molecular weight is 279 g/mol. The molecule has 1 aliphatic heterocycles. The van der Waals surface area contributed by atoms with Gasteiger partial charge in [-0.25, -0.2) is 0 Å². The number of hydrogen-bond donors (Lipinski definition) is 1. The van der Waals surface area contributed by atoms with Gasteiger partial charge in [-0.05, 0) is 24.4 Å². The van der Waals surface area contributed by atoms with E-state index in [2.05, 4.69) is 22.4 Å². The summed E-state index contributed by atoms with van der Waals surface area (Å²) in [6.07, 6.45) is 1.10. The predicted molar refractivity (Wildman–Crippen MR) is 73.3 cm³/mol. The Morgan fingerprint density at radius 1 is 1.47 bits per heavy atom. The zero-order chi connectivity index (χ0) is 13.1. The van der Waals surface area contributed by atoms with Crippen LogP contribution in [0.1, 0.15) is 25.2 Å². The standard InChI is InChI=1S/C13H17N3O2S/c1-2-4-14-11-7-17-6-10(11)13-15-12(16-18-13)9-3-5-19-8-9/h3,5,8,10-11,14H,2,4,6-7H2,1H3. The highest BCUT2D eigenvalue weighted by Gasteiger charge is 2.33. The summed E-state index contributed by atoms with van der Waals surface area (Å²) in [5.74, 6) is 1.50. The molecular weight excluding hydrogens is 262 g/mol. The molecule has 0 radical (unpaired) electrons. The van der Waals surface area contributed by atoms with Crippen LogP contribution in [0.5, 0.6) is 0 Å². The Balaban J connectivity index is 1.75. The summed E-state index contributed by atoms with van der Waals surface area (Å²) in [6, 6.07) is 2.27. The molecule has 3 rings (SSSR count). The second-order valence-corrected chi connectivity index (χ2v) is 5.45. The van der Waals surface area contributed by atoms with Crippen molar-refractivity contribution in [3.63, 3.8) is 0 Å². The van der Waals surface area contributed by atoms with Crippen LogP contribution in [0.15, 0.2) is 21.3 Å². The van der Waals surface area contributed by atoms with Crippen molar-refractivity contribution in [2.75, 3.05) is 19.8 Å². The van der Waals surface area contributed by atoms with Crippen LogP contribution in [-0.4, -0.2) is 35.9 Å². The van der Waals surface area contributed by atoms with Crippen LogP contribution >= 0.6 is 11.3 Å². The molecule has 0 aromatic carbocycles. The van der Waals surface area contributed by atoms with Crippen molar-refractivity contribution in [3.8, 4) is 11.4 Å². The van der Waals surface area contributed by atoms with E-state index < -0.39 is 0 Å². The first kappa shape index (κ1) is 12.8. The molecule has 1 saturated heterocycles. The quantitative estimate of drug-likeness (QED) is 0.910. The number of nitrogens with zero attached hydrogens (tertiary/aromatic N) is 2. The van der Waals surface area contributed by atoms with Gasteiger partial charge in [0, 0.05) is 17.0 Å². The van der Waals surface area contributed by atoms with Crippen molar-refractivity contribution in [1.82, 2.24) is 15.5 Å². The Bertz CT molecular complexity index is 512. The summed E-state index contributed by atoms with van der Waals surface area (Å²) in [7, 11) is 0. The number of rotatable bonds is 5. The highest BCUT2D eigenvalue weighted by atomic mass is 32.1. The van der Waals surface area contributed by atoms with Gasteiger partial charge in [0.2, 0.25) is 11.7 Å². The van der Waals surface area contributed by atoms with Crippen LogP contribution in [-0.2, 0) is 4.74 Å². The second kappa shape index (κ2) is 5.81. The molecule has 6 heteroatoms. The van der Waals surface area contributed by atoms with E-state index in [9.17, 15) is 0 Å². The molecule has 0 saturated carbocycles. The first-order valence-corrected chi connectivity index (χ1v) is 7.50. The summed E-state index contributed by atoms with van der Waals surface area (Å²) in [5.41, 5.74) is 1.01. The van der Waals surface area contributed by atoms with Crippen molar-refractivity contribution in [2.45, 2.75) is 25.3 Å². The highest BCUT2D eigenvalue weighted by molar-refractivity contribution is 7.08. The summed E-state index contributed by atoms with van der Waals surface area (Å²) in [6.45, 7) is 4.49. The Kier molecular flexibility index (Phi) is 3.91. The maximum atomic E-state index is 5.53. The molecule has 1 aliphatic rings. The molecule has 2 aromatic rings. The number of aromatic nitrogens is 2. The van der Waals surface area contributed by atoms with E-state index in [-0.39, 0.29) is 12.0 Å². The predicted octanol–water partition coefficient (Wildman–Crippen LogP) is 2.28. The van der Waals surface area contributed by atoms with Crippen LogP contribution in [0, 0.1) is 0 Å². The number of thiophene rings is 1. The minimum absolute atomic E-state index is 0.159. The molecule has 1 fully saturated rings. The fourth-order valence-electron chi connectivity index (χ4n) is 2.22. The van der Waals surface area contributed by atoms with Crippen LogP contribution < -0.4 is 5.32 Å². The molecule has 3 heterocycles. The largest absolute Gasteiger partial charge is 0.379 e. The van der Waals surface area contributed by atoms with E-state index in [1.165, 1.54) is 0 Å². The van der Waals surface area contributed by atoms with Gasteiger partial charge in [0.1, 0.15) is 0 Å². The van der Waals surface area contributed by atoms with Gasteiger partial charge >= 0.3 is 0 Å². The Hall–Kier alpha value is -1.24. The monoisotopic (exact) mass is 279 g/mol. The van der Waals surface area contributed by atoms with Crippen molar-refractivity contribution in [3.05, 3.63) is 22.7 Å². The van der Waals surface area contributed by atoms with Gasteiger partial charge in [-0.1, -0.05) is 12.1 Å². The lowest BCUT2D eigenvalue weighted by Crippen LogP contribution is -2.34. The third kappa shape index (κ3) is 2.70. The molecule has 19 heavy (non-hydrogen) atoms. The zero-order valence-corrected chi connectivity index (χ0v) is 11.7. The molecule has 0 spiro atoms. The first-order chi connectivity index (χ1) is 9.38. The molecule has 0 aliphatic carbocycles. The first-order valence-electron chi connectivity index (χ1n) is 6.55. The highest BCUT2D eigenvalue weighted by Crippen LogP contribution is 2.27. The molecule has 2 aromatic heterocycles. The lowest BCUT2D eigenvalue weighted by atomic mass is 10.0. The molecule has 5 nitrogen and oxygen atoms in total. The van der Waals surface area contributed by atoms with Crippen molar-refractivity contribution in [1.29, 1.82) is 0 Å². The summed E-state index contributed by atoms with van der Waals surface area (Å²) in [4.78, 5) is 4.50. The maximum absolute atomic E-state index is 5.53. The van der Waals surface area contributed by atoms with Crippen LogP contribution in [0.4, 0.5) is 0 Å². The SMILES string of the molecule is CCCNC1COCC1c1nc(-c2ccsc2)no1. The normalized spacial score (nSPS) is 23.0. The lowest BCUT2D eigenvalue weighted by molar-refractivity contribution is 0.184. The fraction of sp³-hybridized carbons (Fsp3) is 0.538. The molecule has 0 bridgehead atoms. The molecule has 102 valence electrons. The molecule has 2 unspecified atom stereocenters. The van der Waals surface area contributed by atoms with Crippen molar-refractivity contribution < 1.29 is 9.26 Å². The second-order valence-electron chi connectivity index (χ2n) is 4.67. The van der Waals surface area contributed by atoms with Crippen molar-refractivity contribution in [2.24, 2.45) is 0 Å². The third-order valence-electron chi connectivity index (χ3n) is 3.28. The molecule has 1 N–H and O–H groups in total. The Morgan fingerprint density at radius 3 is 3.21 bits per heavy atom. The summed E-state index contributed by atoms with van der Waals surface area (Å²) < 4.78 is 10.9. The van der Waals surface area contributed by atoms with E-state index in [0.717, 1.165) is 18.5 Å². The smallest absolute Gasteiger partial charge is 0.234 e. The van der Waals surface area contributed by atoms with Gasteiger partial charge in [0.05, 0.1) is 19.1 Å². The third-order valence-corrected chi connectivity index (χ3v) is 3.96. The minimum Gasteiger partial charge on any atom is -0.379 e. The van der Waals surface area contributed by atoms with E-state index in [1.54, 1.807) is 11.3 Å². The summed E-state index contributed by atoms with van der Waals surface area (Å²) in [5, 5.41) is 11.6. The van der Waals surface area contributed by atoms with E-state index in [0.29, 0.717) is 24.9 Å². The van der Waals surface area contributed by atoms with Gasteiger partial charge in [0.15, 0.2) is 0 Å². The van der Waals surface area contributed by atoms with Gasteiger partial charge in [-0.2, -0.15) is 16.3 Å². The van der Waals surface area contributed by atoms with Gasteiger partial charge < -0.3 is 14.6 Å². The Morgan fingerprint density at radius 2 is 2.42 bits per heavy atom. The lowest BCUT2D eigenvalue weighted by Gasteiger charge is -2.14. The van der Waals surface area contributed by atoms with E-state index in [4.69, 9.17) is 9.26 Å². The molecular formula is C13H17N3O2S. The van der Waals surface area contributed by atoms with Crippen LogP contribution in [0.3, 0.4) is 0 Å². The van der Waals surface area contributed by atoms with E-state index in [1.807, 2.05) is 16.8 Å². The fourth-order valence-corrected chi connectivity index (χ4v) is 2.86. The van der Waals surface area contributed by atoms with Gasteiger partial charge in [-0.3, -0.25) is 0 Å². The van der Waals surface area contributed by atoms with Gasteiger partial charge in [-0.15, -0.1) is 0 Å². The van der Waals surface area contributed by atoms with E-state index >= 15 is 0 Å². The number of hydrogen-bond acceptors (Lipinski definition) is 6. The van der Waals surface area contributed by atoms with Crippen LogP contribution in [0.25, 0.3) is 11.4 Å². The Labute approximate surface area is 116 Å². The summed E-state index contributed by atoms with van der Waals surface area (Å²) >= 11 is 1.63. The minimum atomic E-state index is 0.159. The topological polar surface area (TPSA) is 60.2 Å². The molecule has 2 atom stereocenters. The average Bonchev–Trinajstić information content (AvgIpc) is 3.14. The van der Waals surface area contributed by atoms with Crippen LogP contribution in [0.2, 0.25) is 0 Å². The van der Waals surface area contributed by atoms with Crippen molar-refractivity contribution >= 4 is 11.3 Å². The zero-order valence-electron chi connectivity index (χ0n) is 10.8. The maximum Gasteiger partial charge on any atom is 0.234 e. The molecule has 0 amide bonds. The number of nitrogens with one attached hydrogen (secondary N) is 1. The number of ether oxygens (including phenoxy) is 1.